The number of nitrogens with zero attached hydrogens (tertiary/aromatic N) is 2. The van der Waals surface area contributed by atoms with Gasteiger partial charge in [0.1, 0.15) is 0 Å². The minimum atomic E-state index is 0.444. The first-order valence-electron chi connectivity index (χ1n) is 8.52. The van der Waals surface area contributed by atoms with Crippen molar-refractivity contribution in [2.45, 2.75) is 76.9 Å². The van der Waals surface area contributed by atoms with Gasteiger partial charge in [0.25, 0.3) is 0 Å². The summed E-state index contributed by atoms with van der Waals surface area (Å²) in [5.74, 6) is 0.703. The molecule has 0 aromatic carbocycles. The van der Waals surface area contributed by atoms with Gasteiger partial charge in [-0.05, 0) is 59.5 Å². The maximum absolute atomic E-state index is 4.95. The van der Waals surface area contributed by atoms with Gasteiger partial charge in [-0.3, -0.25) is 0 Å². The second-order valence-electron chi connectivity index (χ2n) is 6.90. The van der Waals surface area contributed by atoms with Crippen LogP contribution in [0.4, 0.5) is 0 Å². The smallest absolute Gasteiger partial charge is 0.0963 e. The fourth-order valence-electron chi connectivity index (χ4n) is 4.07. The molecule has 0 spiro atoms. The Morgan fingerprint density at radius 2 is 2.00 bits per heavy atom. The van der Waals surface area contributed by atoms with Crippen LogP contribution in [-0.2, 0) is 0 Å². The molecule has 2 saturated heterocycles. The lowest BCUT2D eigenvalue weighted by atomic mass is 9.92. The summed E-state index contributed by atoms with van der Waals surface area (Å²) in [6, 6.07) is 2.05. The number of aryl methyl sites for hydroxylation is 1. The quantitative estimate of drug-likeness (QED) is 0.895. The number of piperidine rings is 1. The van der Waals surface area contributed by atoms with Crippen molar-refractivity contribution in [1.82, 2.24) is 15.2 Å². The predicted octanol–water partition coefficient (Wildman–Crippen LogP) is 3.85. The molecule has 118 valence electrons. The van der Waals surface area contributed by atoms with Crippen molar-refractivity contribution in [3.05, 3.63) is 15.6 Å². The average molecular weight is 308 g/mol. The Labute approximate surface area is 133 Å². The lowest BCUT2D eigenvalue weighted by molar-refractivity contribution is 0.161. The van der Waals surface area contributed by atoms with Crippen LogP contribution in [0, 0.1) is 6.92 Å². The highest BCUT2D eigenvalue weighted by atomic mass is 32.1. The number of fused-ring (bicyclic) bond motifs is 2. The second kappa shape index (κ2) is 6.35. The van der Waals surface area contributed by atoms with Crippen LogP contribution < -0.4 is 5.32 Å². The highest BCUT2D eigenvalue weighted by molar-refractivity contribution is 7.11. The summed E-state index contributed by atoms with van der Waals surface area (Å²) in [6.07, 6.45) is 6.60. The highest BCUT2D eigenvalue weighted by Gasteiger charge is 2.40. The van der Waals surface area contributed by atoms with Gasteiger partial charge < -0.3 is 10.2 Å². The van der Waals surface area contributed by atoms with E-state index in [9.17, 15) is 0 Å². The van der Waals surface area contributed by atoms with Crippen molar-refractivity contribution in [3.8, 4) is 0 Å². The van der Waals surface area contributed by atoms with E-state index in [-0.39, 0.29) is 0 Å². The maximum Gasteiger partial charge on any atom is 0.0963 e. The number of aromatic nitrogens is 1. The molecule has 0 radical (unpaired) electrons. The standard InChI is InChI=1S/C17H29N3S/c1-5-8-18-11(2)16-12(3)19-17(21-16)13-9-14-6-7-15(10-13)20(14)4/h11,13-15,18H,5-10H2,1-4H3. The van der Waals surface area contributed by atoms with Crippen LogP contribution in [0.15, 0.2) is 0 Å². The van der Waals surface area contributed by atoms with E-state index < -0.39 is 0 Å². The van der Waals surface area contributed by atoms with Crippen molar-refractivity contribution < 1.29 is 0 Å². The lowest BCUT2D eigenvalue weighted by Crippen LogP contribution is -2.39. The zero-order chi connectivity index (χ0) is 15.0. The van der Waals surface area contributed by atoms with Gasteiger partial charge in [-0.25, -0.2) is 4.98 Å². The summed E-state index contributed by atoms with van der Waals surface area (Å²) in [5.41, 5.74) is 1.25. The Balaban J connectivity index is 1.72. The monoisotopic (exact) mass is 307 g/mol. The molecule has 2 aliphatic rings. The Kier molecular flexibility index (Phi) is 4.67. The molecular formula is C17H29N3S. The Morgan fingerprint density at radius 1 is 1.33 bits per heavy atom. The fourth-order valence-corrected chi connectivity index (χ4v) is 5.29. The molecule has 3 atom stereocenters. The van der Waals surface area contributed by atoms with Crippen LogP contribution in [-0.4, -0.2) is 35.6 Å². The van der Waals surface area contributed by atoms with Crippen molar-refractivity contribution in [2.24, 2.45) is 0 Å². The molecule has 2 fully saturated rings. The molecule has 1 aromatic heterocycles. The molecule has 1 N–H and O–H groups in total. The SMILES string of the molecule is CCCNC(C)c1sc(C2CC3CCC(C2)N3C)nc1C. The largest absolute Gasteiger partial charge is 0.309 e. The second-order valence-corrected chi connectivity index (χ2v) is 7.96. The zero-order valence-electron chi connectivity index (χ0n) is 13.9. The van der Waals surface area contributed by atoms with Crippen LogP contribution in [0.3, 0.4) is 0 Å². The van der Waals surface area contributed by atoms with Crippen LogP contribution in [0.1, 0.15) is 73.5 Å². The molecule has 0 aliphatic carbocycles. The van der Waals surface area contributed by atoms with E-state index in [1.165, 1.54) is 47.7 Å². The Bertz CT molecular complexity index is 470. The van der Waals surface area contributed by atoms with Crippen molar-refractivity contribution in [2.75, 3.05) is 13.6 Å². The molecular weight excluding hydrogens is 278 g/mol. The van der Waals surface area contributed by atoms with E-state index in [1.54, 1.807) is 0 Å². The first-order chi connectivity index (χ1) is 10.1. The number of rotatable bonds is 5. The molecule has 4 heteroatoms. The fraction of sp³-hybridized carbons (Fsp3) is 0.824. The van der Waals surface area contributed by atoms with Gasteiger partial charge in [-0.15, -0.1) is 11.3 Å². The van der Waals surface area contributed by atoms with E-state index in [2.05, 4.69) is 38.0 Å². The van der Waals surface area contributed by atoms with Crippen LogP contribution in [0.2, 0.25) is 0 Å². The van der Waals surface area contributed by atoms with E-state index in [1.807, 2.05) is 11.3 Å². The number of hydrogen-bond acceptors (Lipinski definition) is 4. The minimum Gasteiger partial charge on any atom is -0.309 e. The van der Waals surface area contributed by atoms with Crippen LogP contribution in [0.25, 0.3) is 0 Å². The molecule has 3 rings (SSSR count). The van der Waals surface area contributed by atoms with Crippen LogP contribution >= 0.6 is 11.3 Å². The molecule has 0 amide bonds. The van der Waals surface area contributed by atoms with E-state index in [0.29, 0.717) is 12.0 Å². The molecule has 0 saturated carbocycles. The first-order valence-corrected chi connectivity index (χ1v) is 9.34. The third-order valence-electron chi connectivity index (χ3n) is 5.39. The van der Waals surface area contributed by atoms with Gasteiger partial charge in [0.15, 0.2) is 0 Å². The van der Waals surface area contributed by atoms with Crippen molar-refractivity contribution in [1.29, 1.82) is 0 Å². The Hall–Kier alpha value is -0.450. The molecule has 3 unspecified atom stereocenters. The van der Waals surface area contributed by atoms with Crippen molar-refractivity contribution in [3.63, 3.8) is 0 Å². The van der Waals surface area contributed by atoms with Gasteiger partial charge >= 0.3 is 0 Å². The van der Waals surface area contributed by atoms with Crippen LogP contribution in [0.5, 0.6) is 0 Å². The third kappa shape index (κ3) is 3.03. The van der Waals surface area contributed by atoms with E-state index >= 15 is 0 Å². The summed E-state index contributed by atoms with van der Waals surface area (Å²) in [4.78, 5) is 9.01. The summed E-state index contributed by atoms with van der Waals surface area (Å²) < 4.78 is 0. The first kappa shape index (κ1) is 15.4. The highest BCUT2D eigenvalue weighted by Crippen LogP contribution is 2.44. The van der Waals surface area contributed by atoms with Gasteiger partial charge in [-0.1, -0.05) is 6.92 Å². The third-order valence-corrected chi connectivity index (χ3v) is 6.89. The maximum atomic E-state index is 4.95. The van der Waals surface area contributed by atoms with Gasteiger partial charge in [0.2, 0.25) is 0 Å². The summed E-state index contributed by atoms with van der Waals surface area (Å²) in [6.45, 7) is 7.77. The van der Waals surface area contributed by atoms with Crippen molar-refractivity contribution >= 4 is 11.3 Å². The summed E-state index contributed by atoms with van der Waals surface area (Å²) in [7, 11) is 2.31. The van der Waals surface area contributed by atoms with Gasteiger partial charge in [0, 0.05) is 28.9 Å². The summed E-state index contributed by atoms with van der Waals surface area (Å²) >= 11 is 1.97. The molecule has 2 aliphatic heterocycles. The normalized spacial score (nSPS) is 30.8. The minimum absolute atomic E-state index is 0.444. The molecule has 1 aromatic rings. The molecule has 2 bridgehead atoms. The van der Waals surface area contributed by atoms with Gasteiger partial charge in [-0.2, -0.15) is 0 Å². The number of nitrogens with one attached hydrogen (secondary N) is 1. The summed E-state index contributed by atoms with van der Waals surface area (Å²) in [5, 5.41) is 5.01. The zero-order valence-corrected chi connectivity index (χ0v) is 14.7. The molecule has 3 heterocycles. The van der Waals surface area contributed by atoms with Gasteiger partial charge in [0.05, 0.1) is 10.7 Å². The average Bonchev–Trinajstić information content (AvgIpc) is 2.92. The number of hydrogen-bond donors (Lipinski definition) is 1. The molecule has 3 nitrogen and oxygen atoms in total. The predicted molar refractivity (Wildman–Crippen MR) is 90.1 cm³/mol. The Morgan fingerprint density at radius 3 is 2.62 bits per heavy atom. The molecule has 21 heavy (non-hydrogen) atoms. The van der Waals surface area contributed by atoms with E-state index in [4.69, 9.17) is 4.98 Å². The number of thiazole rings is 1. The lowest BCUT2D eigenvalue weighted by Gasteiger charge is -2.35. The topological polar surface area (TPSA) is 28.2 Å². The van der Waals surface area contributed by atoms with E-state index in [0.717, 1.165) is 18.6 Å².